The van der Waals surface area contributed by atoms with E-state index in [1.54, 1.807) is 6.92 Å². The molecule has 1 aromatic rings. The van der Waals surface area contributed by atoms with Gasteiger partial charge in [-0.05, 0) is 31.9 Å². The van der Waals surface area contributed by atoms with Crippen molar-refractivity contribution in [3.8, 4) is 0 Å². The molecule has 0 amide bonds. The Kier molecular flexibility index (Phi) is 3.87. The number of ether oxygens (including phenoxy) is 1. The quantitative estimate of drug-likeness (QED) is 0.626. The Hall–Kier alpha value is -1.85. The van der Waals surface area contributed by atoms with Gasteiger partial charge in [0.25, 0.3) is 0 Å². The zero-order chi connectivity index (χ0) is 14.0. The molecule has 2 rings (SSSR count). The monoisotopic (exact) mass is 271 g/mol. The van der Waals surface area contributed by atoms with Gasteiger partial charge < -0.3 is 4.74 Å². The van der Waals surface area contributed by atoms with Gasteiger partial charge in [-0.25, -0.2) is 18.0 Å². The fourth-order valence-corrected chi connectivity index (χ4v) is 1.94. The van der Waals surface area contributed by atoms with Crippen molar-refractivity contribution in [2.75, 3.05) is 6.61 Å². The highest BCUT2D eigenvalue weighted by atomic mass is 19.2. The summed E-state index contributed by atoms with van der Waals surface area (Å²) in [6.07, 6.45) is 0.822. The van der Waals surface area contributed by atoms with E-state index in [0.29, 0.717) is 18.6 Å². The first-order valence-corrected chi connectivity index (χ1v) is 5.91. The molecule has 1 unspecified atom stereocenters. The number of halogens is 3. The van der Waals surface area contributed by atoms with Crippen molar-refractivity contribution in [3.63, 3.8) is 0 Å². The first kappa shape index (κ1) is 13.6. The van der Waals surface area contributed by atoms with Crippen molar-refractivity contribution < 1.29 is 22.7 Å². The van der Waals surface area contributed by atoms with Gasteiger partial charge in [0.1, 0.15) is 6.04 Å². The molecular weight excluding hydrogens is 259 g/mol. The summed E-state index contributed by atoms with van der Waals surface area (Å²) in [6, 6.07) is 1.11. The van der Waals surface area contributed by atoms with Gasteiger partial charge in [0.2, 0.25) is 0 Å². The summed E-state index contributed by atoms with van der Waals surface area (Å²) in [5, 5.41) is 0. The Morgan fingerprint density at radius 3 is 2.58 bits per heavy atom. The molecule has 0 radical (unpaired) electrons. The molecule has 0 aliphatic carbocycles. The van der Waals surface area contributed by atoms with E-state index < -0.39 is 29.5 Å². The van der Waals surface area contributed by atoms with Crippen molar-refractivity contribution in [1.29, 1.82) is 0 Å². The van der Waals surface area contributed by atoms with Gasteiger partial charge in [-0.1, -0.05) is 0 Å². The summed E-state index contributed by atoms with van der Waals surface area (Å²) in [5.74, 6) is -4.50. The highest BCUT2D eigenvalue weighted by Gasteiger charge is 2.26. The molecule has 0 saturated heterocycles. The second-order valence-corrected chi connectivity index (χ2v) is 4.14. The Morgan fingerprint density at radius 2 is 2.00 bits per heavy atom. The molecule has 1 aromatic carbocycles. The van der Waals surface area contributed by atoms with Gasteiger partial charge in [0.05, 0.1) is 6.61 Å². The maximum Gasteiger partial charge on any atom is 0.330 e. The molecule has 102 valence electrons. The summed E-state index contributed by atoms with van der Waals surface area (Å²) < 4.78 is 43.9. The van der Waals surface area contributed by atoms with Crippen LogP contribution in [0.4, 0.5) is 13.2 Å². The molecule has 0 N–H and O–H groups in total. The first-order chi connectivity index (χ1) is 9.02. The molecule has 0 bridgehead atoms. The topological polar surface area (TPSA) is 38.7 Å². The summed E-state index contributed by atoms with van der Waals surface area (Å²) in [7, 11) is 0. The Labute approximate surface area is 108 Å². The number of carbonyl (C=O) groups excluding carboxylic acids is 1. The number of aliphatic imine (C=N–C) groups is 1. The number of hydrogen-bond donors (Lipinski definition) is 0. The molecular formula is C13H12F3NO2. The third-order valence-corrected chi connectivity index (χ3v) is 2.84. The zero-order valence-corrected chi connectivity index (χ0v) is 10.3. The molecule has 1 atom stereocenters. The average molecular weight is 271 g/mol. The number of carbonyl (C=O) groups is 1. The maximum absolute atomic E-state index is 13.1. The van der Waals surface area contributed by atoms with Gasteiger partial charge in [0, 0.05) is 11.3 Å². The fraction of sp³-hybridized carbons (Fsp3) is 0.385. The predicted octanol–water partition coefficient (Wildman–Crippen LogP) is 2.62. The van der Waals surface area contributed by atoms with E-state index in [4.69, 9.17) is 4.74 Å². The molecule has 0 fully saturated rings. The Bertz CT molecular complexity index is 520. The van der Waals surface area contributed by atoms with Crippen LogP contribution in [0, 0.1) is 17.5 Å². The molecule has 0 spiro atoms. The fourth-order valence-electron chi connectivity index (χ4n) is 1.94. The van der Waals surface area contributed by atoms with Crippen molar-refractivity contribution in [2.45, 2.75) is 25.8 Å². The van der Waals surface area contributed by atoms with E-state index in [0.717, 1.165) is 12.1 Å². The van der Waals surface area contributed by atoms with Crippen LogP contribution in [0.25, 0.3) is 0 Å². The lowest BCUT2D eigenvalue weighted by atomic mass is 10.1. The van der Waals surface area contributed by atoms with E-state index in [-0.39, 0.29) is 12.2 Å². The second-order valence-electron chi connectivity index (χ2n) is 4.14. The van der Waals surface area contributed by atoms with Crippen LogP contribution in [-0.2, 0) is 9.53 Å². The molecule has 1 heterocycles. The van der Waals surface area contributed by atoms with Crippen LogP contribution in [0.1, 0.15) is 25.3 Å². The molecule has 1 aliphatic rings. The van der Waals surface area contributed by atoms with Gasteiger partial charge in [-0.15, -0.1) is 0 Å². The van der Waals surface area contributed by atoms with E-state index in [9.17, 15) is 18.0 Å². The molecule has 19 heavy (non-hydrogen) atoms. The standard InChI is InChI=1S/C13H12F3NO2/c1-2-19-13(18)11-4-3-10(17-11)7-5-8(14)12(16)9(15)6-7/h5-6,11H,2-4H2,1H3. The summed E-state index contributed by atoms with van der Waals surface area (Å²) in [5.41, 5.74) is 0.541. The normalized spacial score (nSPS) is 18.3. The summed E-state index contributed by atoms with van der Waals surface area (Å²) >= 11 is 0. The number of hydrogen-bond acceptors (Lipinski definition) is 3. The van der Waals surface area contributed by atoms with E-state index in [2.05, 4.69) is 4.99 Å². The van der Waals surface area contributed by atoms with Crippen LogP contribution in [-0.4, -0.2) is 24.3 Å². The molecule has 1 aliphatic heterocycles. The van der Waals surface area contributed by atoms with Gasteiger partial charge in [-0.2, -0.15) is 0 Å². The minimum absolute atomic E-state index is 0.156. The van der Waals surface area contributed by atoms with E-state index in [1.165, 1.54) is 0 Å². The molecule has 0 aromatic heterocycles. The number of esters is 1. The van der Waals surface area contributed by atoms with Crippen molar-refractivity contribution >= 4 is 11.7 Å². The van der Waals surface area contributed by atoms with Crippen LogP contribution in [0.15, 0.2) is 17.1 Å². The third kappa shape index (κ3) is 2.77. The maximum atomic E-state index is 13.1. The molecule has 6 heteroatoms. The first-order valence-electron chi connectivity index (χ1n) is 5.91. The van der Waals surface area contributed by atoms with Gasteiger partial charge in [0.15, 0.2) is 17.5 Å². The SMILES string of the molecule is CCOC(=O)C1CCC(c2cc(F)c(F)c(F)c2)=N1. The minimum Gasteiger partial charge on any atom is -0.464 e. The summed E-state index contributed by atoms with van der Waals surface area (Å²) in [4.78, 5) is 15.5. The van der Waals surface area contributed by atoms with Crippen LogP contribution in [0.3, 0.4) is 0 Å². The highest BCUT2D eigenvalue weighted by Crippen LogP contribution is 2.22. The van der Waals surface area contributed by atoms with Gasteiger partial charge >= 0.3 is 5.97 Å². The Morgan fingerprint density at radius 1 is 1.37 bits per heavy atom. The average Bonchev–Trinajstić information content (AvgIpc) is 2.85. The lowest BCUT2D eigenvalue weighted by Gasteiger charge is -2.04. The van der Waals surface area contributed by atoms with E-state index >= 15 is 0 Å². The second kappa shape index (κ2) is 5.42. The van der Waals surface area contributed by atoms with Crippen LogP contribution >= 0.6 is 0 Å². The molecule has 3 nitrogen and oxygen atoms in total. The molecule has 0 saturated carbocycles. The smallest absolute Gasteiger partial charge is 0.330 e. The van der Waals surface area contributed by atoms with Gasteiger partial charge in [-0.3, -0.25) is 4.99 Å². The number of rotatable bonds is 3. The lowest BCUT2D eigenvalue weighted by molar-refractivity contribution is -0.144. The van der Waals surface area contributed by atoms with Crippen molar-refractivity contribution in [3.05, 3.63) is 35.1 Å². The van der Waals surface area contributed by atoms with Crippen molar-refractivity contribution in [2.24, 2.45) is 4.99 Å². The predicted molar refractivity (Wildman–Crippen MR) is 62.5 cm³/mol. The van der Waals surface area contributed by atoms with Crippen LogP contribution in [0.5, 0.6) is 0 Å². The number of nitrogens with zero attached hydrogens (tertiary/aromatic N) is 1. The van der Waals surface area contributed by atoms with Crippen molar-refractivity contribution in [1.82, 2.24) is 0 Å². The number of benzene rings is 1. The Balaban J connectivity index is 2.24. The largest absolute Gasteiger partial charge is 0.464 e. The lowest BCUT2D eigenvalue weighted by Crippen LogP contribution is -2.18. The zero-order valence-electron chi connectivity index (χ0n) is 10.3. The minimum atomic E-state index is -1.51. The third-order valence-electron chi connectivity index (χ3n) is 2.84. The highest BCUT2D eigenvalue weighted by molar-refractivity contribution is 6.03. The van der Waals surface area contributed by atoms with Crippen LogP contribution < -0.4 is 0 Å². The summed E-state index contributed by atoms with van der Waals surface area (Å²) in [6.45, 7) is 1.93. The van der Waals surface area contributed by atoms with E-state index in [1.807, 2.05) is 0 Å². The van der Waals surface area contributed by atoms with Crippen LogP contribution in [0.2, 0.25) is 0 Å².